The number of piperidine rings is 1. The molecule has 0 aromatic heterocycles. The molecule has 1 N–H and O–H groups in total. The molecule has 1 saturated heterocycles. The van der Waals surface area contributed by atoms with Crippen molar-refractivity contribution < 1.29 is 17.9 Å². The highest BCUT2D eigenvalue weighted by Gasteiger charge is 2.22. The standard InChI is InChI=1S/C15H24N2O4S/c1-20-14-7-12(8-15(9-14)21-2)10-17-6-4-5-13(11-17)16-22(3,18)19/h7-9,13,16H,4-6,10-11H2,1-3H3. The van der Waals surface area contributed by atoms with Gasteiger partial charge in [0.2, 0.25) is 10.0 Å². The van der Waals surface area contributed by atoms with E-state index < -0.39 is 10.0 Å². The Kier molecular flexibility index (Phi) is 5.66. The average Bonchev–Trinajstić information content (AvgIpc) is 2.45. The van der Waals surface area contributed by atoms with Crippen molar-refractivity contribution in [3.8, 4) is 11.5 Å². The van der Waals surface area contributed by atoms with Crippen molar-refractivity contribution in [2.45, 2.75) is 25.4 Å². The molecule has 1 aliphatic heterocycles. The Hall–Kier alpha value is -1.31. The highest BCUT2D eigenvalue weighted by Crippen LogP contribution is 2.24. The normalized spacial score (nSPS) is 19.9. The SMILES string of the molecule is COc1cc(CN2CCCC(NS(C)(=O)=O)C2)cc(OC)c1. The van der Waals surface area contributed by atoms with Crippen molar-refractivity contribution in [2.75, 3.05) is 33.6 Å². The van der Waals surface area contributed by atoms with E-state index in [1.54, 1.807) is 14.2 Å². The van der Waals surface area contributed by atoms with Gasteiger partial charge >= 0.3 is 0 Å². The van der Waals surface area contributed by atoms with Gasteiger partial charge in [0, 0.05) is 25.2 Å². The highest BCUT2D eigenvalue weighted by atomic mass is 32.2. The van der Waals surface area contributed by atoms with Gasteiger partial charge in [-0.25, -0.2) is 13.1 Å². The number of nitrogens with one attached hydrogen (secondary N) is 1. The lowest BCUT2D eigenvalue weighted by molar-refractivity contribution is 0.194. The lowest BCUT2D eigenvalue weighted by Gasteiger charge is -2.32. The number of methoxy groups -OCH3 is 2. The van der Waals surface area contributed by atoms with Crippen LogP contribution in [0.25, 0.3) is 0 Å². The fourth-order valence-electron chi connectivity index (χ4n) is 2.81. The Balaban J connectivity index is 2.03. The maximum atomic E-state index is 11.4. The predicted molar refractivity (Wildman–Crippen MR) is 85.8 cm³/mol. The predicted octanol–water partition coefficient (Wildman–Crippen LogP) is 1.22. The number of sulfonamides is 1. The van der Waals surface area contributed by atoms with Crippen molar-refractivity contribution >= 4 is 10.0 Å². The summed E-state index contributed by atoms with van der Waals surface area (Å²) in [7, 11) is 0.103. The third-order valence-electron chi connectivity index (χ3n) is 3.70. The third kappa shape index (κ3) is 5.15. The molecule has 124 valence electrons. The molecule has 0 aliphatic carbocycles. The second-order valence-electron chi connectivity index (χ2n) is 5.69. The first-order valence-corrected chi connectivity index (χ1v) is 9.20. The number of hydrogen-bond acceptors (Lipinski definition) is 5. The number of benzene rings is 1. The van der Waals surface area contributed by atoms with E-state index in [0.717, 1.165) is 43.0 Å². The molecule has 1 fully saturated rings. The molecule has 0 saturated carbocycles. The van der Waals surface area contributed by atoms with Gasteiger partial charge in [0.15, 0.2) is 0 Å². The minimum absolute atomic E-state index is 0.0174. The first-order valence-electron chi connectivity index (χ1n) is 7.31. The number of ether oxygens (including phenoxy) is 2. The second-order valence-corrected chi connectivity index (χ2v) is 7.47. The second kappa shape index (κ2) is 7.30. The molecule has 1 atom stereocenters. The Morgan fingerprint density at radius 3 is 2.41 bits per heavy atom. The molecule has 6 nitrogen and oxygen atoms in total. The maximum Gasteiger partial charge on any atom is 0.208 e. The van der Waals surface area contributed by atoms with E-state index >= 15 is 0 Å². The van der Waals surface area contributed by atoms with E-state index in [1.165, 1.54) is 6.26 Å². The van der Waals surface area contributed by atoms with Gasteiger partial charge in [-0.2, -0.15) is 0 Å². The summed E-state index contributed by atoms with van der Waals surface area (Å²) in [5.41, 5.74) is 1.09. The monoisotopic (exact) mass is 328 g/mol. The number of rotatable bonds is 6. The quantitative estimate of drug-likeness (QED) is 0.850. The molecule has 7 heteroatoms. The summed E-state index contributed by atoms with van der Waals surface area (Å²) < 4.78 is 36.0. The van der Waals surface area contributed by atoms with Crippen molar-refractivity contribution in [2.24, 2.45) is 0 Å². The van der Waals surface area contributed by atoms with Crippen LogP contribution >= 0.6 is 0 Å². The largest absolute Gasteiger partial charge is 0.497 e. The van der Waals surface area contributed by atoms with Crippen molar-refractivity contribution in [1.29, 1.82) is 0 Å². The van der Waals surface area contributed by atoms with E-state index in [9.17, 15) is 8.42 Å². The van der Waals surface area contributed by atoms with E-state index in [-0.39, 0.29) is 6.04 Å². The van der Waals surface area contributed by atoms with Crippen LogP contribution in [0.4, 0.5) is 0 Å². The van der Waals surface area contributed by atoms with Gasteiger partial charge in [0.25, 0.3) is 0 Å². The van der Waals surface area contributed by atoms with Crippen LogP contribution in [0.5, 0.6) is 11.5 Å². The van der Waals surface area contributed by atoms with Crippen LogP contribution in [0.15, 0.2) is 18.2 Å². The van der Waals surface area contributed by atoms with Crippen LogP contribution in [0.3, 0.4) is 0 Å². The number of nitrogens with zero attached hydrogens (tertiary/aromatic N) is 1. The molecule has 0 spiro atoms. The molecule has 1 aliphatic rings. The minimum atomic E-state index is -3.16. The third-order valence-corrected chi connectivity index (χ3v) is 4.47. The first-order chi connectivity index (χ1) is 10.4. The van der Waals surface area contributed by atoms with Crippen LogP contribution in [0, 0.1) is 0 Å². The average molecular weight is 328 g/mol. The highest BCUT2D eigenvalue weighted by molar-refractivity contribution is 7.88. The topological polar surface area (TPSA) is 67.9 Å². The fourth-order valence-corrected chi connectivity index (χ4v) is 3.61. The Morgan fingerprint density at radius 1 is 1.23 bits per heavy atom. The Bertz CT molecular complexity index is 581. The van der Waals surface area contributed by atoms with Crippen molar-refractivity contribution in [3.05, 3.63) is 23.8 Å². The van der Waals surface area contributed by atoms with E-state index in [0.29, 0.717) is 6.54 Å². The van der Waals surface area contributed by atoms with E-state index in [1.807, 2.05) is 18.2 Å². The fraction of sp³-hybridized carbons (Fsp3) is 0.600. The zero-order chi connectivity index (χ0) is 16.2. The van der Waals surface area contributed by atoms with E-state index in [4.69, 9.17) is 9.47 Å². The van der Waals surface area contributed by atoms with Crippen LogP contribution in [-0.4, -0.2) is 52.9 Å². The van der Waals surface area contributed by atoms with Crippen molar-refractivity contribution in [1.82, 2.24) is 9.62 Å². The van der Waals surface area contributed by atoms with Gasteiger partial charge in [-0.3, -0.25) is 4.90 Å². The Labute approximate surface area is 132 Å². The Morgan fingerprint density at radius 2 is 1.86 bits per heavy atom. The van der Waals surface area contributed by atoms with Crippen molar-refractivity contribution in [3.63, 3.8) is 0 Å². The van der Waals surface area contributed by atoms with Crippen LogP contribution in [0.2, 0.25) is 0 Å². The molecule has 2 rings (SSSR count). The molecular weight excluding hydrogens is 304 g/mol. The van der Waals surface area contributed by atoms with Gasteiger partial charge in [-0.05, 0) is 37.1 Å². The van der Waals surface area contributed by atoms with Gasteiger partial charge in [-0.15, -0.1) is 0 Å². The minimum Gasteiger partial charge on any atom is -0.497 e. The molecule has 1 unspecified atom stereocenters. The molecule has 1 heterocycles. The summed E-state index contributed by atoms with van der Waals surface area (Å²) in [6, 6.07) is 5.79. The summed E-state index contributed by atoms with van der Waals surface area (Å²) in [6.45, 7) is 2.42. The summed E-state index contributed by atoms with van der Waals surface area (Å²) in [4.78, 5) is 2.25. The molecular formula is C15H24N2O4S. The van der Waals surface area contributed by atoms with Gasteiger partial charge in [0.05, 0.1) is 20.5 Å². The number of likely N-dealkylation sites (tertiary alicyclic amines) is 1. The molecule has 0 radical (unpaired) electrons. The maximum absolute atomic E-state index is 11.4. The molecule has 1 aromatic rings. The van der Waals surface area contributed by atoms with Crippen LogP contribution in [0.1, 0.15) is 18.4 Å². The first kappa shape index (κ1) is 17.1. The zero-order valence-corrected chi connectivity index (χ0v) is 14.1. The lowest BCUT2D eigenvalue weighted by Crippen LogP contribution is -2.46. The molecule has 0 amide bonds. The smallest absolute Gasteiger partial charge is 0.208 e. The summed E-state index contributed by atoms with van der Waals surface area (Å²) >= 11 is 0. The molecule has 22 heavy (non-hydrogen) atoms. The van der Waals surface area contributed by atoms with E-state index in [2.05, 4.69) is 9.62 Å². The molecule has 0 bridgehead atoms. The summed E-state index contributed by atoms with van der Waals surface area (Å²) in [5.74, 6) is 1.52. The van der Waals surface area contributed by atoms with Gasteiger partial charge in [-0.1, -0.05) is 0 Å². The zero-order valence-electron chi connectivity index (χ0n) is 13.3. The summed E-state index contributed by atoms with van der Waals surface area (Å²) in [5, 5.41) is 0. The van der Waals surface area contributed by atoms with Crippen LogP contribution < -0.4 is 14.2 Å². The number of hydrogen-bond donors (Lipinski definition) is 1. The van der Waals surface area contributed by atoms with Crippen LogP contribution in [-0.2, 0) is 16.6 Å². The summed E-state index contributed by atoms with van der Waals surface area (Å²) in [6.07, 6.45) is 3.07. The molecule has 1 aromatic carbocycles. The lowest BCUT2D eigenvalue weighted by atomic mass is 10.1. The van der Waals surface area contributed by atoms with Gasteiger partial charge in [0.1, 0.15) is 11.5 Å². The van der Waals surface area contributed by atoms with Gasteiger partial charge < -0.3 is 9.47 Å².